The molecule has 0 saturated carbocycles. The number of aliphatic hydroxyl groups excluding tert-OH is 1. The summed E-state index contributed by atoms with van der Waals surface area (Å²) in [5, 5.41) is 20.1. The highest BCUT2D eigenvalue weighted by atomic mass is 16.6. The van der Waals surface area contributed by atoms with Crippen molar-refractivity contribution in [3.05, 3.63) is 58.1 Å². The molecule has 20 heavy (non-hydrogen) atoms. The van der Waals surface area contributed by atoms with Gasteiger partial charge in [0, 0.05) is 6.07 Å². The van der Waals surface area contributed by atoms with Crippen molar-refractivity contribution in [1.82, 2.24) is 4.98 Å². The molecule has 3 aromatic rings. The summed E-state index contributed by atoms with van der Waals surface area (Å²) in [5.74, 6) is 0.197. The van der Waals surface area contributed by atoms with Gasteiger partial charge in [0.05, 0.1) is 11.5 Å². The lowest BCUT2D eigenvalue weighted by Gasteiger charge is -1.96. The summed E-state index contributed by atoms with van der Waals surface area (Å²) in [7, 11) is 0. The summed E-state index contributed by atoms with van der Waals surface area (Å²) in [6.07, 6.45) is 0. The van der Waals surface area contributed by atoms with Gasteiger partial charge in [-0.1, -0.05) is 18.2 Å². The zero-order chi connectivity index (χ0) is 14.1. The van der Waals surface area contributed by atoms with Gasteiger partial charge in [0.2, 0.25) is 5.89 Å². The highest BCUT2D eigenvalue weighted by Crippen LogP contribution is 2.31. The van der Waals surface area contributed by atoms with E-state index in [1.165, 1.54) is 6.07 Å². The number of benzene rings is 2. The second-order valence-corrected chi connectivity index (χ2v) is 4.25. The Labute approximate surface area is 113 Å². The van der Waals surface area contributed by atoms with Crippen molar-refractivity contribution >= 4 is 16.8 Å². The van der Waals surface area contributed by atoms with E-state index in [9.17, 15) is 10.1 Å². The van der Waals surface area contributed by atoms with Gasteiger partial charge in [-0.25, -0.2) is 4.98 Å². The maximum Gasteiger partial charge on any atom is 0.282 e. The molecule has 0 amide bonds. The fourth-order valence-electron chi connectivity index (χ4n) is 2.00. The molecule has 1 heterocycles. The second-order valence-electron chi connectivity index (χ2n) is 4.25. The highest BCUT2D eigenvalue weighted by Gasteiger charge is 2.19. The third-order valence-electron chi connectivity index (χ3n) is 2.97. The Balaban J connectivity index is 2.18. The number of fused-ring (bicyclic) bond motifs is 1. The van der Waals surface area contributed by atoms with Crippen LogP contribution in [0.2, 0.25) is 0 Å². The summed E-state index contributed by atoms with van der Waals surface area (Å²) >= 11 is 0. The summed E-state index contributed by atoms with van der Waals surface area (Å²) in [6, 6.07) is 11.4. The molecule has 0 bridgehead atoms. The zero-order valence-corrected chi connectivity index (χ0v) is 10.3. The van der Waals surface area contributed by atoms with Crippen LogP contribution in [0.25, 0.3) is 22.6 Å². The van der Waals surface area contributed by atoms with Gasteiger partial charge >= 0.3 is 0 Å². The largest absolute Gasteiger partial charge is 0.436 e. The van der Waals surface area contributed by atoms with E-state index in [2.05, 4.69) is 4.98 Å². The Hall–Kier alpha value is -2.73. The molecule has 100 valence electrons. The first-order valence-electron chi connectivity index (χ1n) is 5.93. The molecule has 0 radical (unpaired) electrons. The van der Waals surface area contributed by atoms with Crippen LogP contribution in [-0.4, -0.2) is 15.0 Å². The molecule has 0 fully saturated rings. The monoisotopic (exact) mass is 270 g/mol. The minimum absolute atomic E-state index is 0.0542. The van der Waals surface area contributed by atoms with Crippen LogP contribution in [-0.2, 0) is 6.61 Å². The van der Waals surface area contributed by atoms with E-state index in [0.29, 0.717) is 22.2 Å². The fourth-order valence-corrected chi connectivity index (χ4v) is 2.00. The molecule has 1 N–H and O–H groups in total. The van der Waals surface area contributed by atoms with Crippen molar-refractivity contribution in [1.29, 1.82) is 0 Å². The van der Waals surface area contributed by atoms with E-state index in [1.807, 2.05) is 0 Å². The zero-order valence-electron chi connectivity index (χ0n) is 10.3. The normalized spacial score (nSPS) is 10.8. The van der Waals surface area contributed by atoms with Crippen molar-refractivity contribution in [2.45, 2.75) is 6.61 Å². The summed E-state index contributed by atoms with van der Waals surface area (Å²) in [6.45, 7) is -0.0936. The fraction of sp³-hybridized carbons (Fsp3) is 0.0714. The van der Waals surface area contributed by atoms with Crippen LogP contribution in [0.15, 0.2) is 46.9 Å². The van der Waals surface area contributed by atoms with E-state index in [4.69, 9.17) is 9.52 Å². The molecule has 0 spiro atoms. The number of aromatic nitrogens is 1. The average molecular weight is 270 g/mol. The van der Waals surface area contributed by atoms with E-state index < -0.39 is 4.92 Å². The SMILES string of the molecule is O=[N+]([O-])c1ccccc1-c1nc2cc(CO)ccc2o1. The molecule has 3 rings (SSSR count). The Morgan fingerprint density at radius 3 is 2.80 bits per heavy atom. The molecule has 1 aromatic heterocycles. The minimum Gasteiger partial charge on any atom is -0.436 e. The van der Waals surface area contributed by atoms with Crippen LogP contribution in [0.5, 0.6) is 0 Å². The van der Waals surface area contributed by atoms with Gasteiger partial charge in [0.25, 0.3) is 5.69 Å². The van der Waals surface area contributed by atoms with Crippen molar-refractivity contribution < 1.29 is 14.4 Å². The van der Waals surface area contributed by atoms with Crippen LogP contribution < -0.4 is 0 Å². The predicted molar refractivity (Wildman–Crippen MR) is 72.0 cm³/mol. The van der Waals surface area contributed by atoms with Gasteiger partial charge in [0.1, 0.15) is 11.1 Å². The van der Waals surface area contributed by atoms with Crippen LogP contribution >= 0.6 is 0 Å². The number of aliphatic hydroxyl groups is 1. The van der Waals surface area contributed by atoms with Crippen molar-refractivity contribution in [3.63, 3.8) is 0 Å². The molecular weight excluding hydrogens is 260 g/mol. The molecule has 0 aliphatic rings. The van der Waals surface area contributed by atoms with E-state index in [0.717, 1.165) is 0 Å². The lowest BCUT2D eigenvalue weighted by molar-refractivity contribution is -0.384. The van der Waals surface area contributed by atoms with E-state index in [1.54, 1.807) is 36.4 Å². The molecule has 0 saturated heterocycles. The topological polar surface area (TPSA) is 89.4 Å². The number of nitro groups is 1. The predicted octanol–water partition coefficient (Wildman–Crippen LogP) is 2.90. The molecule has 0 aliphatic heterocycles. The summed E-state index contributed by atoms with van der Waals surface area (Å²) < 4.78 is 5.55. The molecule has 2 aromatic carbocycles. The van der Waals surface area contributed by atoms with Gasteiger partial charge in [-0.3, -0.25) is 10.1 Å². The van der Waals surface area contributed by atoms with Crippen LogP contribution in [0.4, 0.5) is 5.69 Å². The van der Waals surface area contributed by atoms with E-state index in [-0.39, 0.29) is 18.2 Å². The van der Waals surface area contributed by atoms with Crippen molar-refractivity contribution in [2.75, 3.05) is 0 Å². The van der Waals surface area contributed by atoms with Gasteiger partial charge in [-0.2, -0.15) is 0 Å². The van der Waals surface area contributed by atoms with Gasteiger partial charge in [0.15, 0.2) is 5.58 Å². The van der Waals surface area contributed by atoms with E-state index >= 15 is 0 Å². The molecule has 0 atom stereocenters. The lowest BCUT2D eigenvalue weighted by Crippen LogP contribution is -1.91. The first-order valence-corrected chi connectivity index (χ1v) is 5.93. The highest BCUT2D eigenvalue weighted by molar-refractivity contribution is 5.79. The smallest absolute Gasteiger partial charge is 0.282 e. The lowest BCUT2D eigenvalue weighted by atomic mass is 10.2. The van der Waals surface area contributed by atoms with Crippen LogP contribution in [0.1, 0.15) is 5.56 Å². The summed E-state index contributed by atoms with van der Waals surface area (Å²) in [4.78, 5) is 14.8. The Bertz CT molecular complexity index is 795. The number of oxazole rings is 1. The molecule has 6 heteroatoms. The maximum absolute atomic E-state index is 11.0. The minimum atomic E-state index is -0.469. The Morgan fingerprint density at radius 2 is 2.05 bits per heavy atom. The summed E-state index contributed by atoms with van der Waals surface area (Å²) in [5.41, 5.74) is 2.07. The third kappa shape index (κ3) is 2.02. The number of para-hydroxylation sites is 1. The van der Waals surface area contributed by atoms with Crippen molar-refractivity contribution in [3.8, 4) is 11.5 Å². The standard InChI is InChI=1S/C14H10N2O4/c17-8-9-5-6-13-11(7-9)15-14(20-13)10-3-1-2-4-12(10)16(18)19/h1-7,17H,8H2. The number of rotatable bonds is 3. The van der Waals surface area contributed by atoms with Gasteiger partial charge in [-0.05, 0) is 23.8 Å². The average Bonchev–Trinajstić information content (AvgIpc) is 2.89. The molecule has 0 unspecified atom stereocenters. The number of hydrogen-bond donors (Lipinski definition) is 1. The van der Waals surface area contributed by atoms with Crippen LogP contribution in [0.3, 0.4) is 0 Å². The molecule has 6 nitrogen and oxygen atoms in total. The third-order valence-corrected chi connectivity index (χ3v) is 2.97. The Morgan fingerprint density at radius 1 is 1.25 bits per heavy atom. The maximum atomic E-state index is 11.0. The first kappa shape index (κ1) is 12.3. The number of nitro benzene ring substituents is 1. The van der Waals surface area contributed by atoms with Gasteiger partial charge < -0.3 is 9.52 Å². The molecular formula is C14H10N2O4. The number of hydrogen-bond acceptors (Lipinski definition) is 5. The second kappa shape index (κ2) is 4.75. The Kier molecular flexibility index (Phi) is 2.92. The molecule has 0 aliphatic carbocycles. The number of nitrogens with zero attached hydrogens (tertiary/aromatic N) is 2. The van der Waals surface area contributed by atoms with Crippen molar-refractivity contribution in [2.24, 2.45) is 0 Å². The van der Waals surface area contributed by atoms with Crippen LogP contribution in [0, 0.1) is 10.1 Å². The first-order chi connectivity index (χ1) is 9.69. The quantitative estimate of drug-likeness (QED) is 0.583. The van der Waals surface area contributed by atoms with Gasteiger partial charge in [-0.15, -0.1) is 0 Å².